The van der Waals surface area contributed by atoms with Crippen molar-refractivity contribution in [2.75, 3.05) is 11.9 Å². The van der Waals surface area contributed by atoms with Crippen LogP contribution in [0.25, 0.3) is 0 Å². The maximum absolute atomic E-state index is 13.4. The topological polar surface area (TPSA) is 61.4 Å². The van der Waals surface area contributed by atoms with E-state index in [-0.39, 0.29) is 12.3 Å². The van der Waals surface area contributed by atoms with Crippen LogP contribution < -0.4 is 10.6 Å². The summed E-state index contributed by atoms with van der Waals surface area (Å²) in [5, 5.41) is 14.0. The number of nitrogens with one attached hydrogen (secondary N) is 2. The van der Waals surface area contributed by atoms with Gasteiger partial charge in [-0.15, -0.1) is 0 Å². The molecule has 1 atom stereocenters. The van der Waals surface area contributed by atoms with Gasteiger partial charge in [0.25, 0.3) is 0 Å². The van der Waals surface area contributed by atoms with Gasteiger partial charge in [-0.3, -0.25) is 0 Å². The maximum Gasteiger partial charge on any atom is 0.319 e. The first-order chi connectivity index (χ1) is 10.1. The summed E-state index contributed by atoms with van der Waals surface area (Å²) in [4.78, 5) is 11.8. The highest BCUT2D eigenvalue weighted by atomic mass is 19.2. The summed E-state index contributed by atoms with van der Waals surface area (Å²) in [5.74, 6) is -2.18. The number of aliphatic hydroxyl groups is 1. The molecular weight excluding hydrogens is 278 g/mol. The summed E-state index contributed by atoms with van der Waals surface area (Å²) >= 11 is 0. The minimum absolute atomic E-state index is 0.266. The molecule has 0 unspecified atom stereocenters. The van der Waals surface area contributed by atoms with Crippen molar-refractivity contribution in [3.05, 3.63) is 65.7 Å². The first-order valence-corrected chi connectivity index (χ1v) is 6.29. The first kappa shape index (κ1) is 14.9. The van der Waals surface area contributed by atoms with Gasteiger partial charge < -0.3 is 15.7 Å². The van der Waals surface area contributed by atoms with Crippen molar-refractivity contribution in [1.82, 2.24) is 5.32 Å². The summed E-state index contributed by atoms with van der Waals surface area (Å²) in [6, 6.07) is 10.9. The van der Waals surface area contributed by atoms with Gasteiger partial charge in [-0.25, -0.2) is 13.6 Å². The van der Waals surface area contributed by atoms with Gasteiger partial charge in [0.15, 0.2) is 11.6 Å². The van der Waals surface area contributed by atoms with E-state index in [1.807, 2.05) is 0 Å². The lowest BCUT2D eigenvalue weighted by Gasteiger charge is -2.17. The first-order valence-electron chi connectivity index (χ1n) is 6.29. The van der Waals surface area contributed by atoms with E-state index in [2.05, 4.69) is 10.6 Å². The second-order valence-electron chi connectivity index (χ2n) is 4.35. The quantitative estimate of drug-likeness (QED) is 0.811. The van der Waals surface area contributed by atoms with Gasteiger partial charge in [-0.1, -0.05) is 36.4 Å². The molecule has 2 rings (SSSR count). The highest BCUT2D eigenvalue weighted by Gasteiger charge is 2.15. The van der Waals surface area contributed by atoms with Gasteiger partial charge in [-0.05, 0) is 17.7 Å². The normalized spacial score (nSPS) is 11.8. The monoisotopic (exact) mass is 292 g/mol. The molecule has 6 heteroatoms. The molecule has 2 aromatic carbocycles. The standard InChI is InChI=1S/C15H14F2N2O2/c16-11-7-4-8-12(14(11)17)18-15(21)19-13(9-20)10-5-2-1-3-6-10/h1-8,13,20H,9H2,(H2,18,19,21)/t13-/m1/s1. The highest BCUT2D eigenvalue weighted by Crippen LogP contribution is 2.17. The van der Waals surface area contributed by atoms with Gasteiger partial charge in [0.2, 0.25) is 0 Å². The lowest BCUT2D eigenvalue weighted by Crippen LogP contribution is -2.34. The number of hydrogen-bond donors (Lipinski definition) is 3. The van der Waals surface area contributed by atoms with Crippen LogP contribution in [0.15, 0.2) is 48.5 Å². The number of hydrogen-bond acceptors (Lipinski definition) is 2. The predicted molar refractivity (Wildman–Crippen MR) is 74.8 cm³/mol. The van der Waals surface area contributed by atoms with Crippen LogP contribution in [0.1, 0.15) is 11.6 Å². The second kappa shape index (κ2) is 6.81. The van der Waals surface area contributed by atoms with Crippen LogP contribution >= 0.6 is 0 Å². The molecule has 0 saturated carbocycles. The summed E-state index contributed by atoms with van der Waals surface area (Å²) in [5.41, 5.74) is 0.437. The number of urea groups is 1. The van der Waals surface area contributed by atoms with Crippen LogP contribution in [0, 0.1) is 11.6 Å². The summed E-state index contributed by atoms with van der Waals surface area (Å²) in [6.45, 7) is -0.316. The van der Waals surface area contributed by atoms with Crippen molar-refractivity contribution >= 4 is 11.7 Å². The van der Waals surface area contributed by atoms with Gasteiger partial charge in [0.05, 0.1) is 18.3 Å². The zero-order chi connectivity index (χ0) is 15.2. The van der Waals surface area contributed by atoms with Crippen molar-refractivity contribution < 1.29 is 18.7 Å². The van der Waals surface area contributed by atoms with E-state index in [0.29, 0.717) is 5.56 Å². The van der Waals surface area contributed by atoms with Crippen molar-refractivity contribution in [1.29, 1.82) is 0 Å². The van der Waals surface area contributed by atoms with E-state index in [4.69, 9.17) is 0 Å². The summed E-state index contributed by atoms with van der Waals surface area (Å²) < 4.78 is 26.5. The molecule has 0 aliphatic heterocycles. The van der Waals surface area contributed by atoms with E-state index in [0.717, 1.165) is 6.07 Å². The Kier molecular flexibility index (Phi) is 4.84. The molecule has 4 nitrogen and oxygen atoms in total. The van der Waals surface area contributed by atoms with E-state index in [1.54, 1.807) is 30.3 Å². The zero-order valence-corrected chi connectivity index (χ0v) is 11.0. The van der Waals surface area contributed by atoms with E-state index >= 15 is 0 Å². The number of benzene rings is 2. The molecule has 2 amide bonds. The molecule has 0 fully saturated rings. The Bertz CT molecular complexity index is 620. The zero-order valence-electron chi connectivity index (χ0n) is 11.0. The molecule has 3 N–H and O–H groups in total. The molecule has 0 radical (unpaired) electrons. The minimum atomic E-state index is -1.13. The predicted octanol–water partition coefficient (Wildman–Crippen LogP) is 2.82. The number of carbonyl (C=O) groups excluding carboxylic acids is 1. The van der Waals surface area contributed by atoms with Crippen molar-refractivity contribution in [2.24, 2.45) is 0 Å². The maximum atomic E-state index is 13.4. The number of anilines is 1. The van der Waals surface area contributed by atoms with Crippen LogP contribution in [0.5, 0.6) is 0 Å². The third-order valence-corrected chi connectivity index (χ3v) is 2.89. The number of halogens is 2. The number of rotatable bonds is 4. The Labute approximate surface area is 120 Å². The van der Waals surface area contributed by atoms with E-state index in [1.165, 1.54) is 12.1 Å². The molecule has 0 saturated heterocycles. The number of amides is 2. The third kappa shape index (κ3) is 3.76. The average Bonchev–Trinajstić information content (AvgIpc) is 2.50. The molecule has 0 aliphatic rings. The fourth-order valence-electron chi connectivity index (χ4n) is 1.84. The highest BCUT2D eigenvalue weighted by molar-refractivity contribution is 5.89. The Hall–Kier alpha value is -2.47. The Balaban J connectivity index is 2.05. The lowest BCUT2D eigenvalue weighted by molar-refractivity contribution is 0.225. The van der Waals surface area contributed by atoms with Crippen molar-refractivity contribution in [3.8, 4) is 0 Å². The van der Waals surface area contributed by atoms with Crippen LogP contribution in [-0.2, 0) is 0 Å². The molecule has 0 heterocycles. The summed E-state index contributed by atoms with van der Waals surface area (Å²) in [6.07, 6.45) is 0. The molecule has 0 spiro atoms. The largest absolute Gasteiger partial charge is 0.394 e. The smallest absolute Gasteiger partial charge is 0.319 e. The van der Waals surface area contributed by atoms with Crippen LogP contribution in [-0.4, -0.2) is 17.7 Å². The molecular formula is C15H14F2N2O2. The van der Waals surface area contributed by atoms with Crippen LogP contribution in [0.3, 0.4) is 0 Å². The Morgan fingerprint density at radius 1 is 1.10 bits per heavy atom. The summed E-state index contributed by atoms with van der Waals surface area (Å²) in [7, 11) is 0. The molecule has 0 aromatic heterocycles. The lowest BCUT2D eigenvalue weighted by atomic mass is 10.1. The molecule has 0 bridgehead atoms. The van der Waals surface area contributed by atoms with Gasteiger partial charge in [0.1, 0.15) is 0 Å². The average molecular weight is 292 g/mol. The van der Waals surface area contributed by atoms with E-state index in [9.17, 15) is 18.7 Å². The Morgan fingerprint density at radius 2 is 1.81 bits per heavy atom. The van der Waals surface area contributed by atoms with E-state index < -0.39 is 23.7 Å². The van der Waals surface area contributed by atoms with Crippen molar-refractivity contribution in [2.45, 2.75) is 6.04 Å². The van der Waals surface area contributed by atoms with Gasteiger partial charge in [-0.2, -0.15) is 0 Å². The Morgan fingerprint density at radius 3 is 2.48 bits per heavy atom. The van der Waals surface area contributed by atoms with Gasteiger partial charge >= 0.3 is 6.03 Å². The molecule has 0 aliphatic carbocycles. The molecule has 110 valence electrons. The minimum Gasteiger partial charge on any atom is -0.394 e. The molecule has 2 aromatic rings. The third-order valence-electron chi connectivity index (χ3n) is 2.89. The SMILES string of the molecule is O=C(Nc1cccc(F)c1F)N[C@H](CO)c1ccccc1. The fraction of sp³-hybridized carbons (Fsp3) is 0.133. The van der Waals surface area contributed by atoms with Crippen molar-refractivity contribution in [3.63, 3.8) is 0 Å². The van der Waals surface area contributed by atoms with Gasteiger partial charge in [0, 0.05) is 0 Å². The molecule has 21 heavy (non-hydrogen) atoms. The number of carbonyl (C=O) groups is 1. The van der Waals surface area contributed by atoms with Crippen LogP contribution in [0.4, 0.5) is 19.3 Å². The second-order valence-corrected chi connectivity index (χ2v) is 4.35. The fourth-order valence-corrected chi connectivity index (χ4v) is 1.84. The van der Waals surface area contributed by atoms with Crippen LogP contribution in [0.2, 0.25) is 0 Å². The number of aliphatic hydroxyl groups excluding tert-OH is 1.